The van der Waals surface area contributed by atoms with Gasteiger partial charge in [-0.25, -0.2) is 0 Å². The fourth-order valence-electron chi connectivity index (χ4n) is 3.31. The van der Waals surface area contributed by atoms with Crippen LogP contribution in [0, 0.1) is 0 Å². The standard InChI is InChI=1S/C20H20F3N5O3/c1-2-6-28-11-14(10-24-28)19(29)27-7-8-30-16(12-27)18-25-17(26-31-18)13-4-3-5-15(9-13)20(21,22)23/h3-5,9-11,16H,2,6-8,12H2,1H3. The lowest BCUT2D eigenvalue weighted by Crippen LogP contribution is -2.42. The maximum absolute atomic E-state index is 13.0. The van der Waals surface area contributed by atoms with E-state index in [1.807, 2.05) is 6.92 Å². The van der Waals surface area contributed by atoms with Crippen molar-refractivity contribution in [1.29, 1.82) is 0 Å². The summed E-state index contributed by atoms with van der Waals surface area (Å²) in [7, 11) is 0. The van der Waals surface area contributed by atoms with Crippen LogP contribution in [0.4, 0.5) is 13.2 Å². The average molecular weight is 435 g/mol. The lowest BCUT2D eigenvalue weighted by molar-refractivity contribution is -0.137. The van der Waals surface area contributed by atoms with Gasteiger partial charge in [-0.2, -0.15) is 23.3 Å². The van der Waals surface area contributed by atoms with Gasteiger partial charge in [-0.3, -0.25) is 9.48 Å². The summed E-state index contributed by atoms with van der Waals surface area (Å²) in [5.41, 5.74) is -0.146. The molecule has 1 amide bonds. The Labute approximate surface area is 175 Å². The normalized spacial score (nSPS) is 17.2. The Hall–Kier alpha value is -3.21. The van der Waals surface area contributed by atoms with Gasteiger partial charge in [-0.1, -0.05) is 24.2 Å². The Balaban J connectivity index is 1.48. The molecule has 1 aliphatic heterocycles. The first-order valence-corrected chi connectivity index (χ1v) is 9.79. The van der Waals surface area contributed by atoms with Crippen LogP contribution in [-0.2, 0) is 17.5 Å². The third kappa shape index (κ3) is 4.61. The van der Waals surface area contributed by atoms with Crippen molar-refractivity contribution >= 4 is 5.91 Å². The zero-order valence-electron chi connectivity index (χ0n) is 16.7. The van der Waals surface area contributed by atoms with Crippen molar-refractivity contribution in [3.05, 3.63) is 53.7 Å². The van der Waals surface area contributed by atoms with E-state index in [1.54, 1.807) is 15.8 Å². The SMILES string of the molecule is CCCn1cc(C(=O)N2CCOC(c3nc(-c4cccc(C(F)(F)F)c4)no3)C2)cn1. The molecule has 1 aromatic carbocycles. The molecule has 0 radical (unpaired) electrons. The lowest BCUT2D eigenvalue weighted by Gasteiger charge is -2.30. The number of carbonyl (C=O) groups is 1. The maximum atomic E-state index is 13.0. The van der Waals surface area contributed by atoms with Gasteiger partial charge in [0.25, 0.3) is 11.8 Å². The third-order valence-corrected chi connectivity index (χ3v) is 4.85. The van der Waals surface area contributed by atoms with Crippen molar-refractivity contribution in [2.75, 3.05) is 19.7 Å². The number of aromatic nitrogens is 4. The van der Waals surface area contributed by atoms with Crippen LogP contribution in [0.2, 0.25) is 0 Å². The zero-order valence-corrected chi connectivity index (χ0v) is 16.7. The number of hydrogen-bond donors (Lipinski definition) is 0. The minimum Gasteiger partial charge on any atom is -0.365 e. The molecule has 1 unspecified atom stereocenters. The minimum atomic E-state index is -4.47. The van der Waals surface area contributed by atoms with Crippen LogP contribution in [0.1, 0.15) is 41.3 Å². The molecule has 1 saturated heterocycles. The van der Waals surface area contributed by atoms with Gasteiger partial charge in [0.05, 0.1) is 30.5 Å². The van der Waals surface area contributed by atoms with Gasteiger partial charge in [0, 0.05) is 24.8 Å². The molecule has 8 nitrogen and oxygen atoms in total. The summed E-state index contributed by atoms with van der Waals surface area (Å²) in [6.45, 7) is 3.58. The van der Waals surface area contributed by atoms with Crippen molar-refractivity contribution in [3.8, 4) is 11.4 Å². The second-order valence-corrected chi connectivity index (χ2v) is 7.14. The molecule has 1 aliphatic rings. The summed E-state index contributed by atoms with van der Waals surface area (Å²) in [5, 5.41) is 7.96. The van der Waals surface area contributed by atoms with Crippen LogP contribution in [0.15, 0.2) is 41.2 Å². The van der Waals surface area contributed by atoms with E-state index < -0.39 is 17.8 Å². The molecule has 1 atom stereocenters. The second-order valence-electron chi connectivity index (χ2n) is 7.14. The number of rotatable bonds is 5. The monoisotopic (exact) mass is 435 g/mol. The largest absolute Gasteiger partial charge is 0.416 e. The fraction of sp³-hybridized carbons (Fsp3) is 0.400. The summed E-state index contributed by atoms with van der Waals surface area (Å²) in [6, 6.07) is 4.68. The maximum Gasteiger partial charge on any atom is 0.416 e. The van der Waals surface area contributed by atoms with Gasteiger partial charge < -0.3 is 14.2 Å². The second kappa shape index (κ2) is 8.50. The number of hydrogen-bond acceptors (Lipinski definition) is 6. The topological polar surface area (TPSA) is 86.3 Å². The van der Waals surface area contributed by atoms with Crippen LogP contribution < -0.4 is 0 Å². The molecule has 31 heavy (non-hydrogen) atoms. The van der Waals surface area contributed by atoms with Gasteiger partial charge in [0.1, 0.15) is 0 Å². The van der Waals surface area contributed by atoms with Crippen molar-refractivity contribution in [2.45, 2.75) is 32.2 Å². The van der Waals surface area contributed by atoms with Crippen LogP contribution in [0.3, 0.4) is 0 Å². The summed E-state index contributed by atoms with van der Waals surface area (Å²) >= 11 is 0. The predicted molar refractivity (Wildman–Crippen MR) is 102 cm³/mol. The highest BCUT2D eigenvalue weighted by Crippen LogP contribution is 2.32. The molecule has 4 rings (SSSR count). The smallest absolute Gasteiger partial charge is 0.365 e. The Bertz CT molecular complexity index is 1060. The van der Waals surface area contributed by atoms with E-state index in [1.165, 1.54) is 18.3 Å². The van der Waals surface area contributed by atoms with Gasteiger partial charge >= 0.3 is 6.18 Å². The number of morpholine rings is 1. The number of halogens is 3. The fourth-order valence-corrected chi connectivity index (χ4v) is 3.31. The summed E-state index contributed by atoms with van der Waals surface area (Å²) in [6.07, 6.45) is -1.01. The van der Waals surface area contributed by atoms with E-state index in [-0.39, 0.29) is 36.3 Å². The average Bonchev–Trinajstić information content (AvgIpc) is 3.43. The summed E-state index contributed by atoms with van der Waals surface area (Å²) in [4.78, 5) is 18.6. The molecule has 0 N–H and O–H groups in total. The van der Waals surface area contributed by atoms with Gasteiger partial charge in [-0.15, -0.1) is 0 Å². The molecule has 3 heterocycles. The quantitative estimate of drug-likeness (QED) is 0.609. The van der Waals surface area contributed by atoms with E-state index in [0.717, 1.165) is 25.1 Å². The molecule has 0 saturated carbocycles. The Morgan fingerprint density at radius 3 is 2.94 bits per heavy atom. The number of amides is 1. The first-order chi connectivity index (χ1) is 14.8. The van der Waals surface area contributed by atoms with Crippen molar-refractivity contribution in [3.63, 3.8) is 0 Å². The molecule has 164 valence electrons. The number of ether oxygens (including phenoxy) is 1. The Morgan fingerprint density at radius 1 is 1.32 bits per heavy atom. The van der Waals surface area contributed by atoms with Crippen molar-refractivity contribution < 1.29 is 27.2 Å². The van der Waals surface area contributed by atoms with E-state index in [4.69, 9.17) is 9.26 Å². The van der Waals surface area contributed by atoms with Crippen LogP contribution >= 0.6 is 0 Å². The number of aryl methyl sites for hydroxylation is 1. The Kier molecular flexibility index (Phi) is 5.77. The van der Waals surface area contributed by atoms with E-state index in [2.05, 4.69) is 15.2 Å². The molecular weight excluding hydrogens is 415 g/mol. The Morgan fingerprint density at radius 2 is 2.16 bits per heavy atom. The summed E-state index contributed by atoms with van der Waals surface area (Å²) < 4.78 is 51.5. The van der Waals surface area contributed by atoms with Crippen molar-refractivity contribution in [1.82, 2.24) is 24.8 Å². The van der Waals surface area contributed by atoms with Gasteiger partial charge in [0.2, 0.25) is 5.82 Å². The van der Waals surface area contributed by atoms with Crippen molar-refractivity contribution in [2.24, 2.45) is 0 Å². The van der Waals surface area contributed by atoms with Crippen LogP contribution in [0.25, 0.3) is 11.4 Å². The highest BCUT2D eigenvalue weighted by Gasteiger charge is 2.32. The molecule has 1 fully saturated rings. The molecule has 3 aromatic rings. The first kappa shape index (κ1) is 21.0. The molecule has 2 aromatic heterocycles. The molecule has 0 bridgehead atoms. The highest BCUT2D eigenvalue weighted by molar-refractivity contribution is 5.93. The molecule has 11 heteroatoms. The minimum absolute atomic E-state index is 0.0222. The third-order valence-electron chi connectivity index (χ3n) is 4.85. The molecule has 0 spiro atoms. The summed E-state index contributed by atoms with van der Waals surface area (Å²) in [5.74, 6) is -0.0612. The number of alkyl halides is 3. The lowest BCUT2D eigenvalue weighted by atomic mass is 10.1. The predicted octanol–water partition coefficient (Wildman–Crippen LogP) is 3.58. The highest BCUT2D eigenvalue weighted by atomic mass is 19.4. The number of nitrogens with zero attached hydrogens (tertiary/aromatic N) is 5. The van der Waals surface area contributed by atoms with Crippen LogP contribution in [-0.4, -0.2) is 50.4 Å². The van der Waals surface area contributed by atoms with Gasteiger partial charge in [-0.05, 0) is 18.6 Å². The first-order valence-electron chi connectivity index (χ1n) is 9.79. The molecule has 0 aliphatic carbocycles. The van der Waals surface area contributed by atoms with E-state index >= 15 is 0 Å². The zero-order chi connectivity index (χ0) is 22.0. The van der Waals surface area contributed by atoms with Gasteiger partial charge in [0.15, 0.2) is 6.10 Å². The van der Waals surface area contributed by atoms with Crippen LogP contribution in [0.5, 0.6) is 0 Å². The van der Waals surface area contributed by atoms with E-state index in [9.17, 15) is 18.0 Å². The molecular formula is C20H20F3N5O3. The number of carbonyl (C=O) groups excluding carboxylic acids is 1. The van der Waals surface area contributed by atoms with E-state index in [0.29, 0.717) is 12.1 Å². The number of benzene rings is 1.